The first-order valence-corrected chi connectivity index (χ1v) is 8.91. The van der Waals surface area contributed by atoms with Crippen LogP contribution in [0.1, 0.15) is 36.2 Å². The topological polar surface area (TPSA) is 49.3 Å². The number of guanidine groups is 1. The van der Waals surface area contributed by atoms with Crippen molar-refractivity contribution in [3.63, 3.8) is 0 Å². The van der Waals surface area contributed by atoms with Crippen LogP contribution in [0, 0.1) is 5.82 Å². The van der Waals surface area contributed by atoms with Crippen LogP contribution in [-0.4, -0.2) is 24.5 Å². The van der Waals surface area contributed by atoms with Crippen molar-refractivity contribution in [3.05, 3.63) is 51.7 Å². The summed E-state index contributed by atoms with van der Waals surface area (Å²) in [7, 11) is 1.73. The smallest absolute Gasteiger partial charge is 0.191 e. The van der Waals surface area contributed by atoms with Crippen molar-refractivity contribution in [1.82, 2.24) is 15.6 Å². The number of aryl methyl sites for hydroxylation is 1. The average Bonchev–Trinajstić information content (AvgIpc) is 3.03. The Morgan fingerprint density at radius 1 is 1.28 bits per heavy atom. The number of aliphatic imine (C=N–C) groups is 1. The third-order valence-electron chi connectivity index (χ3n) is 3.88. The summed E-state index contributed by atoms with van der Waals surface area (Å²) in [6, 6.07) is 6.90. The van der Waals surface area contributed by atoms with Gasteiger partial charge in [0.2, 0.25) is 0 Å². The Morgan fingerprint density at radius 2 is 2.00 bits per heavy atom. The van der Waals surface area contributed by atoms with Crippen LogP contribution in [0.2, 0.25) is 0 Å². The van der Waals surface area contributed by atoms with Gasteiger partial charge in [0.05, 0.1) is 6.54 Å². The first-order valence-electron chi connectivity index (χ1n) is 8.09. The first kappa shape index (κ1) is 21.8. The van der Waals surface area contributed by atoms with Crippen molar-refractivity contribution in [1.29, 1.82) is 0 Å². The van der Waals surface area contributed by atoms with E-state index in [0.29, 0.717) is 24.6 Å². The molecule has 138 valence electrons. The molecule has 1 heterocycles. The minimum Gasteiger partial charge on any atom is -0.356 e. The van der Waals surface area contributed by atoms with Gasteiger partial charge < -0.3 is 10.6 Å². The molecule has 0 spiro atoms. The number of thiazole rings is 1. The summed E-state index contributed by atoms with van der Waals surface area (Å²) in [4.78, 5) is 9.89. The van der Waals surface area contributed by atoms with Gasteiger partial charge in [-0.3, -0.25) is 4.99 Å². The molecule has 1 aromatic heterocycles. The highest BCUT2D eigenvalue weighted by molar-refractivity contribution is 14.0. The lowest BCUT2D eigenvalue weighted by molar-refractivity contribution is 0.473. The highest BCUT2D eigenvalue weighted by Crippen LogP contribution is 2.24. The fourth-order valence-corrected chi connectivity index (χ4v) is 3.19. The fourth-order valence-electron chi connectivity index (χ4n) is 2.38. The molecule has 0 aliphatic carbocycles. The number of benzene rings is 1. The van der Waals surface area contributed by atoms with Crippen molar-refractivity contribution in [2.45, 2.75) is 39.2 Å². The van der Waals surface area contributed by atoms with Crippen molar-refractivity contribution in [3.8, 4) is 0 Å². The molecule has 0 bridgehead atoms. The molecule has 0 amide bonds. The van der Waals surface area contributed by atoms with Crippen LogP contribution < -0.4 is 10.6 Å². The molecule has 0 saturated heterocycles. The SMILES string of the molecule is CCc1cnc(CNC(=NC)NCC(C)(C)c2ccccc2F)s1.I. The van der Waals surface area contributed by atoms with Crippen LogP contribution in [0.3, 0.4) is 0 Å². The van der Waals surface area contributed by atoms with Gasteiger partial charge in [0.1, 0.15) is 10.8 Å². The molecule has 0 radical (unpaired) electrons. The zero-order valence-corrected chi connectivity index (χ0v) is 18.2. The van der Waals surface area contributed by atoms with Gasteiger partial charge in [-0.1, -0.05) is 39.0 Å². The van der Waals surface area contributed by atoms with Gasteiger partial charge >= 0.3 is 0 Å². The van der Waals surface area contributed by atoms with E-state index in [0.717, 1.165) is 11.4 Å². The number of hydrogen-bond acceptors (Lipinski definition) is 3. The number of rotatable bonds is 6. The summed E-state index contributed by atoms with van der Waals surface area (Å²) >= 11 is 1.70. The van der Waals surface area contributed by atoms with Crippen molar-refractivity contribution in [2.24, 2.45) is 4.99 Å². The van der Waals surface area contributed by atoms with Gasteiger partial charge in [-0.2, -0.15) is 0 Å². The van der Waals surface area contributed by atoms with E-state index in [9.17, 15) is 4.39 Å². The van der Waals surface area contributed by atoms with Crippen LogP contribution in [0.25, 0.3) is 0 Å². The highest BCUT2D eigenvalue weighted by Gasteiger charge is 2.24. The minimum atomic E-state index is -0.348. The lowest BCUT2D eigenvalue weighted by Gasteiger charge is -2.27. The van der Waals surface area contributed by atoms with Gasteiger partial charge in [0.15, 0.2) is 5.96 Å². The minimum absolute atomic E-state index is 0. The molecule has 2 aromatic rings. The number of hydrogen-bond donors (Lipinski definition) is 2. The van der Waals surface area contributed by atoms with Gasteiger partial charge in [-0.15, -0.1) is 35.3 Å². The zero-order valence-electron chi connectivity index (χ0n) is 15.1. The predicted octanol–water partition coefficient (Wildman–Crippen LogP) is 4.11. The summed E-state index contributed by atoms with van der Waals surface area (Å²) < 4.78 is 14.0. The molecule has 0 aliphatic rings. The maximum absolute atomic E-state index is 14.0. The zero-order chi connectivity index (χ0) is 17.6. The molecule has 7 heteroatoms. The van der Waals surface area contributed by atoms with Crippen LogP contribution in [0.4, 0.5) is 4.39 Å². The van der Waals surface area contributed by atoms with E-state index in [2.05, 4.69) is 27.5 Å². The largest absolute Gasteiger partial charge is 0.356 e. The van der Waals surface area contributed by atoms with Crippen LogP contribution in [0.15, 0.2) is 35.5 Å². The first-order chi connectivity index (χ1) is 11.5. The molecular formula is C18H26FIN4S. The number of aromatic nitrogens is 1. The Hall–Kier alpha value is -1.22. The molecule has 2 N–H and O–H groups in total. The number of halogens is 2. The van der Waals surface area contributed by atoms with E-state index >= 15 is 0 Å². The summed E-state index contributed by atoms with van der Waals surface area (Å²) in [5.74, 6) is 0.509. The number of nitrogens with one attached hydrogen (secondary N) is 2. The number of nitrogens with zero attached hydrogens (tertiary/aromatic N) is 2. The van der Waals surface area contributed by atoms with E-state index in [-0.39, 0.29) is 35.2 Å². The van der Waals surface area contributed by atoms with E-state index in [1.807, 2.05) is 32.2 Å². The Morgan fingerprint density at radius 3 is 2.60 bits per heavy atom. The maximum Gasteiger partial charge on any atom is 0.191 e. The second kappa shape index (κ2) is 10.1. The molecular weight excluding hydrogens is 450 g/mol. The van der Waals surface area contributed by atoms with E-state index in [1.165, 1.54) is 10.9 Å². The Labute approximate surface area is 170 Å². The molecule has 1 aromatic carbocycles. The lowest BCUT2D eigenvalue weighted by atomic mass is 9.84. The molecule has 0 atom stereocenters. The molecule has 2 rings (SSSR count). The third kappa shape index (κ3) is 6.22. The molecule has 0 saturated carbocycles. The third-order valence-corrected chi connectivity index (χ3v) is 5.02. The normalized spacial score (nSPS) is 11.8. The van der Waals surface area contributed by atoms with Gasteiger partial charge in [0, 0.05) is 30.1 Å². The molecule has 0 aliphatic heterocycles. The molecule has 0 fully saturated rings. The van der Waals surface area contributed by atoms with Crippen LogP contribution in [-0.2, 0) is 18.4 Å². The summed E-state index contributed by atoms with van der Waals surface area (Å²) in [6.45, 7) is 7.35. The maximum atomic E-state index is 14.0. The average molecular weight is 476 g/mol. The summed E-state index contributed by atoms with van der Waals surface area (Å²) in [5.41, 5.74) is 0.347. The molecule has 0 unspecified atom stereocenters. The monoisotopic (exact) mass is 476 g/mol. The lowest BCUT2D eigenvalue weighted by Crippen LogP contribution is -2.43. The second-order valence-corrected chi connectivity index (χ2v) is 7.42. The van der Waals surface area contributed by atoms with E-state index in [4.69, 9.17) is 0 Å². The Kier molecular flexibility index (Phi) is 8.78. The van der Waals surface area contributed by atoms with Gasteiger partial charge in [0.25, 0.3) is 0 Å². The molecule has 25 heavy (non-hydrogen) atoms. The summed E-state index contributed by atoms with van der Waals surface area (Å²) in [6.07, 6.45) is 2.92. The Bertz CT molecular complexity index is 700. The van der Waals surface area contributed by atoms with E-state index in [1.54, 1.807) is 24.5 Å². The van der Waals surface area contributed by atoms with Crippen LogP contribution in [0.5, 0.6) is 0 Å². The summed E-state index contributed by atoms with van der Waals surface area (Å²) in [5, 5.41) is 7.56. The van der Waals surface area contributed by atoms with Crippen molar-refractivity contribution in [2.75, 3.05) is 13.6 Å². The van der Waals surface area contributed by atoms with Crippen molar-refractivity contribution >= 4 is 41.3 Å². The quantitative estimate of drug-likeness (QED) is 0.375. The standard InChI is InChI=1S/C18H25FN4S.HI/c1-5-13-10-21-16(24-13)11-22-17(20-4)23-12-18(2,3)14-8-6-7-9-15(14)19;/h6-10H,5,11-12H2,1-4H3,(H2,20,22,23);1H. The van der Waals surface area contributed by atoms with Crippen molar-refractivity contribution < 1.29 is 4.39 Å². The van der Waals surface area contributed by atoms with Crippen LogP contribution >= 0.6 is 35.3 Å². The van der Waals surface area contributed by atoms with Gasteiger partial charge in [-0.05, 0) is 18.1 Å². The predicted molar refractivity (Wildman–Crippen MR) is 115 cm³/mol. The van der Waals surface area contributed by atoms with E-state index < -0.39 is 0 Å². The molecule has 4 nitrogen and oxygen atoms in total. The second-order valence-electron chi connectivity index (χ2n) is 6.22. The highest BCUT2D eigenvalue weighted by atomic mass is 127. The van der Waals surface area contributed by atoms with Gasteiger partial charge in [-0.25, -0.2) is 9.37 Å². The fraction of sp³-hybridized carbons (Fsp3) is 0.444. The Balaban J connectivity index is 0.00000312.